The van der Waals surface area contributed by atoms with Gasteiger partial charge >= 0.3 is 0 Å². The van der Waals surface area contributed by atoms with Crippen LogP contribution in [0.2, 0.25) is 0 Å². The number of oxazole rings is 1. The fraction of sp³-hybridized carbons (Fsp3) is 0.158. The van der Waals surface area contributed by atoms with Crippen molar-refractivity contribution in [3.8, 4) is 0 Å². The largest absolute Gasteiger partial charge is 0.441 e. The number of carbonyl (C=O) groups excluding carboxylic acids is 1. The SMILES string of the molecule is Cc1nc2cc(NC(=O)Cc3c(C)[nH]c4ccc(F)cc34)ccc2o1. The highest BCUT2D eigenvalue weighted by Gasteiger charge is 2.14. The summed E-state index contributed by atoms with van der Waals surface area (Å²) >= 11 is 0. The van der Waals surface area contributed by atoms with Crippen molar-refractivity contribution < 1.29 is 13.6 Å². The lowest BCUT2D eigenvalue weighted by molar-refractivity contribution is -0.115. The molecule has 2 heterocycles. The molecular formula is C19H16FN3O2. The van der Waals surface area contributed by atoms with E-state index in [1.807, 2.05) is 6.92 Å². The molecule has 1 amide bonds. The molecule has 6 heteroatoms. The number of benzene rings is 2. The van der Waals surface area contributed by atoms with Crippen LogP contribution >= 0.6 is 0 Å². The van der Waals surface area contributed by atoms with E-state index < -0.39 is 0 Å². The molecule has 2 N–H and O–H groups in total. The van der Waals surface area contributed by atoms with Crippen molar-refractivity contribution in [1.29, 1.82) is 0 Å². The second-order valence-electron chi connectivity index (χ2n) is 6.06. The lowest BCUT2D eigenvalue weighted by Gasteiger charge is -2.05. The van der Waals surface area contributed by atoms with Crippen molar-refractivity contribution >= 4 is 33.6 Å². The fourth-order valence-corrected chi connectivity index (χ4v) is 3.07. The van der Waals surface area contributed by atoms with Gasteiger partial charge in [0.15, 0.2) is 11.5 Å². The molecule has 0 saturated heterocycles. The van der Waals surface area contributed by atoms with Crippen LogP contribution in [0.15, 0.2) is 40.8 Å². The number of rotatable bonds is 3. The monoisotopic (exact) mass is 337 g/mol. The minimum atomic E-state index is -0.319. The number of hydrogen-bond donors (Lipinski definition) is 2. The number of nitrogens with zero attached hydrogens (tertiary/aromatic N) is 1. The normalized spacial score (nSPS) is 11.3. The van der Waals surface area contributed by atoms with E-state index in [1.54, 1.807) is 31.2 Å². The molecular weight excluding hydrogens is 321 g/mol. The van der Waals surface area contributed by atoms with Gasteiger partial charge in [-0.2, -0.15) is 0 Å². The van der Waals surface area contributed by atoms with E-state index in [0.717, 1.165) is 22.2 Å². The van der Waals surface area contributed by atoms with Crippen molar-refractivity contribution in [3.63, 3.8) is 0 Å². The average molecular weight is 337 g/mol. The summed E-state index contributed by atoms with van der Waals surface area (Å²) in [7, 11) is 0. The molecule has 0 aliphatic carbocycles. The number of carbonyl (C=O) groups is 1. The molecule has 5 nitrogen and oxygen atoms in total. The highest BCUT2D eigenvalue weighted by atomic mass is 19.1. The summed E-state index contributed by atoms with van der Waals surface area (Å²) in [6.07, 6.45) is 0.158. The Hall–Kier alpha value is -3.15. The first-order valence-electron chi connectivity index (χ1n) is 7.93. The van der Waals surface area contributed by atoms with Gasteiger partial charge in [-0.05, 0) is 48.9 Å². The maximum absolute atomic E-state index is 13.5. The number of aromatic nitrogens is 2. The number of nitrogens with one attached hydrogen (secondary N) is 2. The van der Waals surface area contributed by atoms with E-state index in [4.69, 9.17) is 4.42 Å². The number of H-pyrrole nitrogens is 1. The van der Waals surface area contributed by atoms with Crippen molar-refractivity contribution in [2.45, 2.75) is 20.3 Å². The first-order valence-corrected chi connectivity index (χ1v) is 7.93. The Bertz CT molecular complexity index is 1110. The van der Waals surface area contributed by atoms with Crippen LogP contribution in [0.4, 0.5) is 10.1 Å². The summed E-state index contributed by atoms with van der Waals surface area (Å²) in [6.45, 7) is 3.65. The molecule has 0 radical (unpaired) electrons. The fourth-order valence-electron chi connectivity index (χ4n) is 3.07. The quantitative estimate of drug-likeness (QED) is 0.587. The smallest absolute Gasteiger partial charge is 0.228 e. The third-order valence-corrected chi connectivity index (χ3v) is 4.20. The number of hydrogen-bond acceptors (Lipinski definition) is 3. The molecule has 0 unspecified atom stereocenters. The summed E-state index contributed by atoms with van der Waals surface area (Å²) in [5, 5.41) is 3.59. The van der Waals surface area contributed by atoms with Crippen molar-refractivity contribution in [3.05, 3.63) is 59.4 Å². The number of fused-ring (bicyclic) bond motifs is 2. The number of amides is 1. The van der Waals surface area contributed by atoms with Gasteiger partial charge in [0, 0.05) is 29.2 Å². The number of aromatic amines is 1. The molecule has 2 aromatic heterocycles. The van der Waals surface area contributed by atoms with Crippen molar-refractivity contribution in [1.82, 2.24) is 9.97 Å². The predicted molar refractivity (Wildman–Crippen MR) is 94.1 cm³/mol. The van der Waals surface area contributed by atoms with Crippen LogP contribution in [-0.4, -0.2) is 15.9 Å². The van der Waals surface area contributed by atoms with Crippen molar-refractivity contribution in [2.24, 2.45) is 0 Å². The molecule has 0 aliphatic rings. The summed E-state index contributed by atoms with van der Waals surface area (Å²) in [5.74, 6) is 0.0859. The van der Waals surface area contributed by atoms with Gasteiger partial charge in [0.1, 0.15) is 11.3 Å². The second kappa shape index (κ2) is 5.73. The highest BCUT2D eigenvalue weighted by molar-refractivity contribution is 5.97. The molecule has 4 rings (SSSR count). The van der Waals surface area contributed by atoms with E-state index in [-0.39, 0.29) is 18.1 Å². The topological polar surface area (TPSA) is 70.9 Å². The van der Waals surface area contributed by atoms with Crippen LogP contribution in [0, 0.1) is 19.7 Å². The minimum Gasteiger partial charge on any atom is -0.441 e. The molecule has 126 valence electrons. The third-order valence-electron chi connectivity index (χ3n) is 4.20. The van der Waals surface area contributed by atoms with Gasteiger partial charge in [0.05, 0.1) is 6.42 Å². The standard InChI is InChI=1S/C19H16FN3O2/c1-10-14(15-7-12(20)3-5-16(15)21-10)9-19(24)23-13-4-6-18-17(8-13)22-11(2)25-18/h3-8,21H,9H2,1-2H3,(H,23,24). The summed E-state index contributed by atoms with van der Waals surface area (Å²) in [6, 6.07) is 9.85. The molecule has 2 aromatic carbocycles. The van der Waals surface area contributed by atoms with E-state index in [2.05, 4.69) is 15.3 Å². The third kappa shape index (κ3) is 2.87. The molecule has 0 fully saturated rings. The maximum atomic E-state index is 13.5. The van der Waals surface area contributed by atoms with Gasteiger partial charge in [-0.3, -0.25) is 4.79 Å². The van der Waals surface area contributed by atoms with E-state index in [1.165, 1.54) is 12.1 Å². The van der Waals surface area contributed by atoms with Crippen LogP contribution in [0.3, 0.4) is 0 Å². The minimum absolute atomic E-state index is 0.158. The summed E-state index contributed by atoms with van der Waals surface area (Å²) in [4.78, 5) is 19.9. The van der Waals surface area contributed by atoms with Gasteiger partial charge in [-0.1, -0.05) is 0 Å². The molecule has 0 atom stereocenters. The molecule has 4 aromatic rings. The zero-order valence-corrected chi connectivity index (χ0v) is 13.8. The Morgan fingerprint density at radius 3 is 2.92 bits per heavy atom. The predicted octanol–water partition coefficient (Wildman–Crippen LogP) is 4.25. The van der Waals surface area contributed by atoms with Crippen LogP contribution in [-0.2, 0) is 11.2 Å². The van der Waals surface area contributed by atoms with Crippen LogP contribution in [0.1, 0.15) is 17.1 Å². The number of aryl methyl sites for hydroxylation is 2. The van der Waals surface area contributed by atoms with Crippen molar-refractivity contribution in [2.75, 3.05) is 5.32 Å². The lowest BCUT2D eigenvalue weighted by Crippen LogP contribution is -2.14. The van der Waals surface area contributed by atoms with E-state index in [0.29, 0.717) is 22.7 Å². The molecule has 0 aliphatic heterocycles. The Balaban J connectivity index is 1.59. The summed E-state index contributed by atoms with van der Waals surface area (Å²) < 4.78 is 19.0. The number of anilines is 1. The van der Waals surface area contributed by atoms with Gasteiger partial charge in [0.25, 0.3) is 0 Å². The highest BCUT2D eigenvalue weighted by Crippen LogP contribution is 2.24. The maximum Gasteiger partial charge on any atom is 0.228 e. The zero-order valence-electron chi connectivity index (χ0n) is 13.8. The molecule has 0 saturated carbocycles. The van der Waals surface area contributed by atoms with E-state index in [9.17, 15) is 9.18 Å². The molecule has 0 spiro atoms. The van der Waals surface area contributed by atoms with Crippen LogP contribution < -0.4 is 5.32 Å². The first kappa shape index (κ1) is 15.4. The molecule has 25 heavy (non-hydrogen) atoms. The van der Waals surface area contributed by atoms with Crippen LogP contribution in [0.25, 0.3) is 22.0 Å². The average Bonchev–Trinajstić information content (AvgIpc) is 3.06. The van der Waals surface area contributed by atoms with E-state index >= 15 is 0 Å². The van der Waals surface area contributed by atoms with Gasteiger partial charge in [0.2, 0.25) is 5.91 Å². The Kier molecular flexibility index (Phi) is 3.53. The lowest BCUT2D eigenvalue weighted by atomic mass is 10.1. The first-order chi connectivity index (χ1) is 12.0. The van der Waals surface area contributed by atoms with Gasteiger partial charge in [-0.15, -0.1) is 0 Å². The Morgan fingerprint density at radius 1 is 1.24 bits per heavy atom. The van der Waals surface area contributed by atoms with Gasteiger partial charge < -0.3 is 14.7 Å². The van der Waals surface area contributed by atoms with Gasteiger partial charge in [-0.25, -0.2) is 9.37 Å². The molecule has 0 bridgehead atoms. The zero-order chi connectivity index (χ0) is 17.6. The Labute approximate surface area is 142 Å². The second-order valence-corrected chi connectivity index (χ2v) is 6.06. The Morgan fingerprint density at radius 2 is 2.08 bits per heavy atom. The number of halogens is 1. The summed E-state index contributed by atoms with van der Waals surface area (Å²) in [5.41, 5.74) is 4.50. The van der Waals surface area contributed by atoms with Crippen LogP contribution in [0.5, 0.6) is 0 Å².